The van der Waals surface area contributed by atoms with Gasteiger partial charge in [-0.3, -0.25) is 0 Å². The Bertz CT molecular complexity index is 652. The first-order valence-electron chi connectivity index (χ1n) is 5.83. The van der Waals surface area contributed by atoms with Gasteiger partial charge in [0, 0.05) is 6.54 Å². The van der Waals surface area contributed by atoms with Crippen molar-refractivity contribution in [2.45, 2.75) is 18.2 Å². The molecule has 0 saturated heterocycles. The Morgan fingerprint density at radius 2 is 2.05 bits per heavy atom. The molecule has 0 aliphatic heterocycles. The highest BCUT2D eigenvalue weighted by Gasteiger charge is 2.35. The Hall–Kier alpha value is -2.03. The van der Waals surface area contributed by atoms with Crippen molar-refractivity contribution in [3.05, 3.63) is 24.3 Å². The fourth-order valence-electron chi connectivity index (χ4n) is 2.34. The zero-order valence-electron chi connectivity index (χ0n) is 10.0. The molecule has 2 heterocycles. The van der Waals surface area contributed by atoms with E-state index in [1.165, 1.54) is 12.7 Å². The van der Waals surface area contributed by atoms with E-state index in [1.54, 1.807) is 10.6 Å². The summed E-state index contributed by atoms with van der Waals surface area (Å²) in [4.78, 5) is 12.1. The van der Waals surface area contributed by atoms with Crippen LogP contribution in [0.15, 0.2) is 24.3 Å². The zero-order chi connectivity index (χ0) is 13.6. The van der Waals surface area contributed by atoms with Crippen LogP contribution in [0.2, 0.25) is 0 Å². The second-order valence-corrected chi connectivity index (χ2v) is 4.45. The summed E-state index contributed by atoms with van der Waals surface area (Å²) in [5, 5.41) is 19.9. The van der Waals surface area contributed by atoms with Gasteiger partial charge in [-0.15, -0.1) is 0 Å². The SMILES string of the molecule is NCC1=C[C@@H](n2cnc3c(N)ncnc32)[C@@H](O)[C@@H]1O. The summed E-state index contributed by atoms with van der Waals surface area (Å²) in [6.07, 6.45) is 2.64. The number of imidazole rings is 1. The summed E-state index contributed by atoms with van der Waals surface area (Å²) >= 11 is 0. The van der Waals surface area contributed by atoms with Gasteiger partial charge in [0.05, 0.1) is 12.4 Å². The maximum atomic E-state index is 10.1. The summed E-state index contributed by atoms with van der Waals surface area (Å²) in [5.41, 5.74) is 12.8. The Morgan fingerprint density at radius 1 is 1.26 bits per heavy atom. The van der Waals surface area contributed by atoms with Crippen LogP contribution in [-0.2, 0) is 0 Å². The van der Waals surface area contributed by atoms with Crippen LogP contribution in [0.5, 0.6) is 0 Å². The second-order valence-electron chi connectivity index (χ2n) is 4.45. The van der Waals surface area contributed by atoms with E-state index in [9.17, 15) is 10.2 Å². The average molecular weight is 262 g/mol. The lowest BCUT2D eigenvalue weighted by Crippen LogP contribution is -2.30. The fraction of sp³-hybridized carbons (Fsp3) is 0.364. The summed E-state index contributed by atoms with van der Waals surface area (Å²) in [6.45, 7) is 0.193. The molecule has 6 N–H and O–H groups in total. The van der Waals surface area contributed by atoms with E-state index in [2.05, 4.69) is 15.0 Å². The zero-order valence-corrected chi connectivity index (χ0v) is 10.0. The summed E-state index contributed by atoms with van der Waals surface area (Å²) in [5.74, 6) is 0.278. The number of nitrogens with zero attached hydrogens (tertiary/aromatic N) is 4. The Kier molecular flexibility index (Phi) is 2.70. The Labute approximate surface area is 108 Å². The lowest BCUT2D eigenvalue weighted by atomic mass is 10.1. The highest BCUT2D eigenvalue weighted by Crippen LogP contribution is 2.31. The van der Waals surface area contributed by atoms with Crippen molar-refractivity contribution < 1.29 is 10.2 Å². The van der Waals surface area contributed by atoms with Gasteiger partial charge in [-0.1, -0.05) is 6.08 Å². The van der Waals surface area contributed by atoms with Gasteiger partial charge in [0.2, 0.25) is 0 Å². The number of aliphatic hydroxyl groups is 2. The minimum Gasteiger partial charge on any atom is -0.388 e. The summed E-state index contributed by atoms with van der Waals surface area (Å²) < 4.78 is 1.66. The molecule has 2 aromatic heterocycles. The van der Waals surface area contributed by atoms with Crippen LogP contribution >= 0.6 is 0 Å². The van der Waals surface area contributed by atoms with Gasteiger partial charge >= 0.3 is 0 Å². The highest BCUT2D eigenvalue weighted by molar-refractivity contribution is 5.81. The molecule has 0 amide bonds. The number of nitrogens with two attached hydrogens (primary N) is 2. The largest absolute Gasteiger partial charge is 0.388 e. The number of hydrogen-bond donors (Lipinski definition) is 4. The van der Waals surface area contributed by atoms with Gasteiger partial charge in [-0.05, 0) is 5.57 Å². The summed E-state index contributed by atoms with van der Waals surface area (Å²) in [6, 6.07) is -0.465. The van der Waals surface area contributed by atoms with Crippen LogP contribution < -0.4 is 11.5 Å². The molecule has 100 valence electrons. The first-order valence-corrected chi connectivity index (χ1v) is 5.83. The van der Waals surface area contributed by atoms with Crippen LogP contribution in [0.4, 0.5) is 5.82 Å². The molecule has 3 atom stereocenters. The van der Waals surface area contributed by atoms with E-state index < -0.39 is 18.2 Å². The van der Waals surface area contributed by atoms with Gasteiger partial charge in [0.25, 0.3) is 0 Å². The molecule has 1 aliphatic carbocycles. The molecular formula is C11H14N6O2. The molecule has 2 aromatic rings. The van der Waals surface area contributed by atoms with Gasteiger partial charge in [0.15, 0.2) is 11.5 Å². The molecule has 0 bridgehead atoms. The first kappa shape index (κ1) is 12.0. The van der Waals surface area contributed by atoms with E-state index in [0.717, 1.165) is 0 Å². The molecule has 8 heteroatoms. The molecule has 0 fully saturated rings. The van der Waals surface area contributed by atoms with Crippen molar-refractivity contribution in [1.82, 2.24) is 19.5 Å². The van der Waals surface area contributed by atoms with E-state index in [-0.39, 0.29) is 12.4 Å². The molecule has 3 rings (SSSR count). The average Bonchev–Trinajstić information content (AvgIpc) is 2.94. The Morgan fingerprint density at radius 3 is 2.74 bits per heavy atom. The van der Waals surface area contributed by atoms with Crippen LogP contribution in [-0.4, -0.2) is 48.5 Å². The molecule has 0 spiro atoms. The molecule has 0 unspecified atom stereocenters. The van der Waals surface area contributed by atoms with Crippen molar-refractivity contribution in [1.29, 1.82) is 0 Å². The van der Waals surface area contributed by atoms with Crippen LogP contribution in [0.3, 0.4) is 0 Å². The molecule has 0 saturated carbocycles. The third-order valence-corrected chi connectivity index (χ3v) is 3.38. The smallest absolute Gasteiger partial charge is 0.166 e. The van der Waals surface area contributed by atoms with Crippen molar-refractivity contribution >= 4 is 17.0 Å². The maximum absolute atomic E-state index is 10.1. The normalized spacial score (nSPS) is 26.9. The Balaban J connectivity index is 2.11. The predicted octanol–water partition coefficient (Wildman–Crippen LogP) is -1.43. The standard InChI is InChI=1S/C11H14N6O2/c12-2-5-1-6(9(19)8(5)18)17-4-16-7-10(13)14-3-15-11(7)17/h1,3-4,6,8-9,18-19H,2,12H2,(H2,13,14,15)/t6-,8-,9-/m1/s1. The highest BCUT2D eigenvalue weighted by atomic mass is 16.3. The van der Waals surface area contributed by atoms with E-state index in [0.29, 0.717) is 16.7 Å². The number of aromatic nitrogens is 4. The fourth-order valence-corrected chi connectivity index (χ4v) is 2.34. The van der Waals surface area contributed by atoms with E-state index in [4.69, 9.17) is 11.5 Å². The van der Waals surface area contributed by atoms with Crippen molar-refractivity contribution in [2.75, 3.05) is 12.3 Å². The quantitative estimate of drug-likeness (QED) is 0.487. The molecular weight excluding hydrogens is 248 g/mol. The molecule has 0 radical (unpaired) electrons. The van der Waals surface area contributed by atoms with E-state index >= 15 is 0 Å². The lowest BCUT2D eigenvalue weighted by molar-refractivity contribution is 0.0324. The van der Waals surface area contributed by atoms with Crippen molar-refractivity contribution in [3.63, 3.8) is 0 Å². The van der Waals surface area contributed by atoms with Crippen molar-refractivity contribution in [2.24, 2.45) is 5.73 Å². The maximum Gasteiger partial charge on any atom is 0.166 e. The number of rotatable bonds is 2. The number of fused-ring (bicyclic) bond motifs is 1. The number of hydrogen-bond acceptors (Lipinski definition) is 7. The molecule has 1 aliphatic rings. The third-order valence-electron chi connectivity index (χ3n) is 3.38. The predicted molar refractivity (Wildman–Crippen MR) is 67.9 cm³/mol. The topological polar surface area (TPSA) is 136 Å². The molecule has 0 aromatic carbocycles. The van der Waals surface area contributed by atoms with Crippen LogP contribution in [0.25, 0.3) is 11.2 Å². The monoisotopic (exact) mass is 262 g/mol. The molecule has 8 nitrogen and oxygen atoms in total. The van der Waals surface area contributed by atoms with Crippen LogP contribution in [0.1, 0.15) is 6.04 Å². The number of aliphatic hydroxyl groups excluding tert-OH is 2. The van der Waals surface area contributed by atoms with Crippen LogP contribution in [0, 0.1) is 0 Å². The number of nitrogen functional groups attached to an aromatic ring is 1. The molecule has 19 heavy (non-hydrogen) atoms. The van der Waals surface area contributed by atoms with Gasteiger partial charge in [0.1, 0.15) is 24.1 Å². The second kappa shape index (κ2) is 4.26. The minimum atomic E-state index is -0.980. The van der Waals surface area contributed by atoms with Gasteiger partial charge < -0.3 is 26.2 Å². The minimum absolute atomic E-state index is 0.193. The summed E-state index contributed by atoms with van der Waals surface area (Å²) in [7, 11) is 0. The first-order chi connectivity index (χ1) is 9.13. The van der Waals surface area contributed by atoms with Crippen molar-refractivity contribution in [3.8, 4) is 0 Å². The van der Waals surface area contributed by atoms with Gasteiger partial charge in [-0.25, -0.2) is 15.0 Å². The number of anilines is 1. The van der Waals surface area contributed by atoms with Gasteiger partial charge in [-0.2, -0.15) is 0 Å². The lowest BCUT2D eigenvalue weighted by Gasteiger charge is -2.18. The van der Waals surface area contributed by atoms with E-state index in [1.807, 2.05) is 0 Å². The third kappa shape index (κ3) is 1.69.